The molecule has 3 rings (SSSR count). The van der Waals surface area contributed by atoms with Crippen molar-refractivity contribution in [3.8, 4) is 0 Å². The Kier molecular flexibility index (Phi) is 4.20. The van der Waals surface area contributed by atoms with Gasteiger partial charge in [-0.15, -0.1) is 0 Å². The number of hydrogen-bond acceptors (Lipinski definition) is 2. The van der Waals surface area contributed by atoms with Gasteiger partial charge in [0.2, 0.25) is 0 Å². The SMILES string of the molecule is CCC(=O)C1CCC1(c1ccc(C(F)(F)F)cc1)c1ccccn1. The van der Waals surface area contributed by atoms with Gasteiger partial charge in [-0.25, -0.2) is 0 Å². The molecule has 1 aliphatic rings. The molecular formula is C19H18F3NO. The maximum absolute atomic E-state index is 12.8. The fraction of sp³-hybridized carbons (Fsp3) is 0.368. The summed E-state index contributed by atoms with van der Waals surface area (Å²) in [5, 5.41) is 0. The number of halogens is 3. The van der Waals surface area contributed by atoms with Gasteiger partial charge in [-0.1, -0.05) is 25.1 Å². The second kappa shape index (κ2) is 6.04. The number of nitrogens with zero attached hydrogens (tertiary/aromatic N) is 1. The van der Waals surface area contributed by atoms with Crippen LogP contribution in [0.3, 0.4) is 0 Å². The van der Waals surface area contributed by atoms with E-state index in [-0.39, 0.29) is 11.7 Å². The van der Waals surface area contributed by atoms with E-state index >= 15 is 0 Å². The van der Waals surface area contributed by atoms with Crippen LogP contribution in [0.15, 0.2) is 48.7 Å². The van der Waals surface area contributed by atoms with Gasteiger partial charge in [-0.3, -0.25) is 9.78 Å². The third kappa shape index (κ3) is 2.62. The lowest BCUT2D eigenvalue weighted by Crippen LogP contribution is -2.49. The van der Waals surface area contributed by atoms with Crippen LogP contribution < -0.4 is 0 Å². The number of hydrogen-bond donors (Lipinski definition) is 0. The Hall–Kier alpha value is -2.17. The highest BCUT2D eigenvalue weighted by molar-refractivity contribution is 5.84. The van der Waals surface area contributed by atoms with Crippen LogP contribution in [0.2, 0.25) is 0 Å². The third-order valence-electron chi connectivity index (χ3n) is 5.01. The molecule has 1 saturated carbocycles. The van der Waals surface area contributed by atoms with Crippen LogP contribution in [-0.4, -0.2) is 10.8 Å². The molecule has 126 valence electrons. The lowest BCUT2D eigenvalue weighted by atomic mass is 9.53. The summed E-state index contributed by atoms with van der Waals surface area (Å²) in [7, 11) is 0. The third-order valence-corrected chi connectivity index (χ3v) is 5.01. The lowest BCUT2D eigenvalue weighted by molar-refractivity contribution is -0.137. The largest absolute Gasteiger partial charge is 0.416 e. The first-order valence-corrected chi connectivity index (χ1v) is 8.01. The molecule has 0 aliphatic heterocycles. The summed E-state index contributed by atoms with van der Waals surface area (Å²) in [5.74, 6) is -0.0964. The number of benzene rings is 1. The van der Waals surface area contributed by atoms with Gasteiger partial charge in [0.25, 0.3) is 0 Å². The Morgan fingerprint density at radius 2 is 1.92 bits per heavy atom. The van der Waals surface area contributed by atoms with Gasteiger partial charge < -0.3 is 0 Å². The molecule has 24 heavy (non-hydrogen) atoms. The van der Waals surface area contributed by atoms with Gasteiger partial charge >= 0.3 is 6.18 Å². The van der Waals surface area contributed by atoms with Crippen LogP contribution in [0, 0.1) is 5.92 Å². The number of alkyl halides is 3. The molecule has 0 amide bonds. The van der Waals surface area contributed by atoms with Crippen molar-refractivity contribution >= 4 is 5.78 Å². The maximum Gasteiger partial charge on any atom is 0.416 e. The van der Waals surface area contributed by atoms with Gasteiger partial charge in [-0.05, 0) is 42.7 Å². The molecule has 1 heterocycles. The molecule has 2 aromatic rings. The van der Waals surface area contributed by atoms with E-state index in [1.807, 2.05) is 19.1 Å². The standard InChI is InChI=1S/C19H18F3NO/c1-2-16(24)15-10-11-18(15,17-5-3-4-12-23-17)13-6-8-14(9-7-13)19(20,21)22/h3-9,12,15H,2,10-11H2,1H3. The average molecular weight is 333 g/mol. The Labute approximate surface area is 138 Å². The zero-order chi connectivity index (χ0) is 17.4. The monoisotopic (exact) mass is 333 g/mol. The molecule has 2 nitrogen and oxygen atoms in total. The van der Waals surface area contributed by atoms with Crippen LogP contribution in [0.1, 0.15) is 43.0 Å². The van der Waals surface area contributed by atoms with Crippen molar-refractivity contribution in [1.29, 1.82) is 0 Å². The predicted molar refractivity (Wildman–Crippen MR) is 84.5 cm³/mol. The van der Waals surface area contributed by atoms with Crippen LogP contribution in [0.5, 0.6) is 0 Å². The first kappa shape index (κ1) is 16.7. The predicted octanol–water partition coefficient (Wildman–Crippen LogP) is 4.78. The molecule has 0 bridgehead atoms. The van der Waals surface area contributed by atoms with E-state index < -0.39 is 17.2 Å². The Balaban J connectivity index is 2.08. The highest BCUT2D eigenvalue weighted by atomic mass is 19.4. The summed E-state index contributed by atoms with van der Waals surface area (Å²) in [6.45, 7) is 1.82. The molecule has 1 aliphatic carbocycles. The molecule has 1 aromatic heterocycles. The molecular weight excluding hydrogens is 315 g/mol. The van der Waals surface area contributed by atoms with Crippen LogP contribution in [-0.2, 0) is 16.4 Å². The summed E-state index contributed by atoms with van der Waals surface area (Å²) in [6.07, 6.45) is -0.835. The van der Waals surface area contributed by atoms with E-state index in [1.54, 1.807) is 12.3 Å². The molecule has 0 spiro atoms. The van der Waals surface area contributed by atoms with Crippen molar-refractivity contribution in [1.82, 2.24) is 4.98 Å². The highest BCUT2D eigenvalue weighted by Crippen LogP contribution is 2.53. The van der Waals surface area contributed by atoms with E-state index in [0.29, 0.717) is 12.8 Å². The number of ketones is 1. The van der Waals surface area contributed by atoms with E-state index in [9.17, 15) is 18.0 Å². The quantitative estimate of drug-likeness (QED) is 0.806. The van der Waals surface area contributed by atoms with E-state index in [1.165, 1.54) is 12.1 Å². The molecule has 0 N–H and O–H groups in total. The fourth-order valence-electron chi connectivity index (χ4n) is 3.64. The highest BCUT2D eigenvalue weighted by Gasteiger charge is 2.53. The minimum Gasteiger partial charge on any atom is -0.299 e. The number of carbonyl (C=O) groups is 1. The van der Waals surface area contributed by atoms with Crippen molar-refractivity contribution in [2.75, 3.05) is 0 Å². The van der Waals surface area contributed by atoms with Gasteiger partial charge in [0, 0.05) is 24.0 Å². The van der Waals surface area contributed by atoms with Crippen molar-refractivity contribution in [3.05, 3.63) is 65.5 Å². The van der Waals surface area contributed by atoms with Gasteiger partial charge in [0.15, 0.2) is 0 Å². The van der Waals surface area contributed by atoms with Crippen LogP contribution >= 0.6 is 0 Å². The number of aromatic nitrogens is 1. The zero-order valence-corrected chi connectivity index (χ0v) is 13.3. The van der Waals surface area contributed by atoms with Crippen LogP contribution in [0.25, 0.3) is 0 Å². The normalized spacial score (nSPS) is 23.6. The summed E-state index contributed by atoms with van der Waals surface area (Å²) in [6, 6.07) is 10.7. The molecule has 1 aromatic carbocycles. The molecule has 0 saturated heterocycles. The van der Waals surface area contributed by atoms with E-state index in [2.05, 4.69) is 4.98 Å². The van der Waals surface area contributed by atoms with Crippen molar-refractivity contribution in [2.24, 2.45) is 5.92 Å². The van der Waals surface area contributed by atoms with Crippen molar-refractivity contribution in [2.45, 2.75) is 37.8 Å². The van der Waals surface area contributed by atoms with Crippen molar-refractivity contribution < 1.29 is 18.0 Å². The van der Waals surface area contributed by atoms with Gasteiger partial charge in [-0.2, -0.15) is 13.2 Å². The second-order valence-electron chi connectivity index (χ2n) is 6.17. The number of rotatable bonds is 4. The molecule has 5 heteroatoms. The van der Waals surface area contributed by atoms with Crippen molar-refractivity contribution in [3.63, 3.8) is 0 Å². The first-order chi connectivity index (χ1) is 11.4. The van der Waals surface area contributed by atoms with E-state index in [0.717, 1.165) is 29.8 Å². The smallest absolute Gasteiger partial charge is 0.299 e. The topological polar surface area (TPSA) is 30.0 Å². The Morgan fingerprint density at radius 1 is 1.21 bits per heavy atom. The minimum atomic E-state index is -4.37. The van der Waals surface area contributed by atoms with E-state index in [4.69, 9.17) is 0 Å². The zero-order valence-electron chi connectivity index (χ0n) is 13.3. The molecule has 2 atom stereocenters. The molecule has 2 unspecified atom stereocenters. The summed E-state index contributed by atoms with van der Waals surface area (Å²) < 4.78 is 38.5. The van der Waals surface area contributed by atoms with Crippen LogP contribution in [0.4, 0.5) is 13.2 Å². The second-order valence-corrected chi connectivity index (χ2v) is 6.17. The number of carbonyl (C=O) groups excluding carboxylic acids is 1. The fourth-order valence-corrected chi connectivity index (χ4v) is 3.64. The first-order valence-electron chi connectivity index (χ1n) is 8.01. The molecule has 1 fully saturated rings. The minimum absolute atomic E-state index is 0.131. The number of pyridine rings is 1. The van der Waals surface area contributed by atoms with Gasteiger partial charge in [0.1, 0.15) is 5.78 Å². The summed E-state index contributed by atoms with van der Waals surface area (Å²) >= 11 is 0. The number of Topliss-reactive ketones (excluding diaryl/α,β-unsaturated/α-hetero) is 1. The Bertz CT molecular complexity index is 725. The maximum atomic E-state index is 12.8. The lowest BCUT2D eigenvalue weighted by Gasteiger charge is -2.49. The summed E-state index contributed by atoms with van der Waals surface area (Å²) in [5.41, 5.74) is 0.188. The average Bonchev–Trinajstić information content (AvgIpc) is 2.55. The molecule has 0 radical (unpaired) electrons. The Morgan fingerprint density at radius 3 is 2.38 bits per heavy atom. The summed E-state index contributed by atoms with van der Waals surface area (Å²) in [4.78, 5) is 16.8. The van der Waals surface area contributed by atoms with Gasteiger partial charge in [0.05, 0.1) is 11.3 Å².